The molecule has 0 heterocycles. The van der Waals surface area contributed by atoms with Crippen molar-refractivity contribution in [3.8, 4) is 0 Å². The van der Waals surface area contributed by atoms with E-state index in [1.165, 1.54) is 4.90 Å². The number of nitrogens with one attached hydrogen (secondary N) is 1. The van der Waals surface area contributed by atoms with Crippen LogP contribution in [0.4, 0.5) is 5.69 Å². The zero-order valence-corrected chi connectivity index (χ0v) is 21.1. The van der Waals surface area contributed by atoms with E-state index in [0.29, 0.717) is 6.54 Å². The number of rotatable bonds is 11. The van der Waals surface area contributed by atoms with E-state index in [-0.39, 0.29) is 23.2 Å². The molecule has 2 aromatic rings. The van der Waals surface area contributed by atoms with Gasteiger partial charge in [0.05, 0.1) is 17.0 Å². The maximum Gasteiger partial charge on any atom is 0.244 e. The Morgan fingerprint density at radius 3 is 2.33 bits per heavy atom. The Morgan fingerprint density at radius 1 is 1.09 bits per heavy atom. The Balaban J connectivity index is 2.37. The molecule has 0 bridgehead atoms. The van der Waals surface area contributed by atoms with E-state index in [1.54, 1.807) is 31.2 Å². The molecule has 1 atom stereocenters. The van der Waals surface area contributed by atoms with Crippen molar-refractivity contribution < 1.29 is 18.0 Å². The molecule has 0 saturated heterocycles. The van der Waals surface area contributed by atoms with Gasteiger partial charge in [0, 0.05) is 13.1 Å². The second kappa shape index (κ2) is 12.0. The molecule has 180 valence electrons. The summed E-state index contributed by atoms with van der Waals surface area (Å²) in [6.07, 6.45) is 2.79. The quantitative estimate of drug-likeness (QED) is 0.483. The highest BCUT2D eigenvalue weighted by atomic mass is 35.5. The number of carbonyl (C=O) groups is 2. The zero-order valence-electron chi connectivity index (χ0n) is 19.5. The maximum absolute atomic E-state index is 13.5. The number of para-hydroxylation sites is 1. The minimum atomic E-state index is -3.81. The molecule has 0 unspecified atom stereocenters. The molecule has 2 rings (SSSR count). The van der Waals surface area contributed by atoms with E-state index in [1.807, 2.05) is 38.1 Å². The number of carbonyl (C=O) groups excluding carboxylic acids is 2. The van der Waals surface area contributed by atoms with Crippen molar-refractivity contribution in [2.45, 2.75) is 46.2 Å². The molecular formula is C24H32ClN3O4S. The highest BCUT2D eigenvalue weighted by Crippen LogP contribution is 2.27. The summed E-state index contributed by atoms with van der Waals surface area (Å²) in [5.41, 5.74) is 2.06. The first-order valence-electron chi connectivity index (χ1n) is 10.9. The lowest BCUT2D eigenvalue weighted by molar-refractivity contribution is -0.139. The van der Waals surface area contributed by atoms with Gasteiger partial charge in [0.1, 0.15) is 12.6 Å². The second-order valence-electron chi connectivity index (χ2n) is 7.99. The fourth-order valence-electron chi connectivity index (χ4n) is 3.34. The Hall–Kier alpha value is -2.58. The molecule has 33 heavy (non-hydrogen) atoms. The van der Waals surface area contributed by atoms with E-state index in [2.05, 4.69) is 5.32 Å². The smallest absolute Gasteiger partial charge is 0.244 e. The standard InChI is InChI=1S/C24H32ClN3O4S/c1-5-6-15-26-24(30)19(3)27(16-20-12-8-7-11-18(20)2)23(29)17-28(33(4,31)32)22-14-10-9-13-21(22)25/h7-14,19H,5-6,15-17H2,1-4H3,(H,26,30)/t19-/m1/s1. The van der Waals surface area contributed by atoms with Crippen LogP contribution in [0.5, 0.6) is 0 Å². The number of nitrogens with zero attached hydrogens (tertiary/aromatic N) is 2. The Labute approximate surface area is 201 Å². The number of aryl methyl sites for hydroxylation is 1. The SMILES string of the molecule is CCCCNC(=O)[C@@H](C)N(Cc1ccccc1C)C(=O)CN(c1ccccc1Cl)S(C)(=O)=O. The van der Waals surface area contributed by atoms with Crippen molar-refractivity contribution in [1.82, 2.24) is 10.2 Å². The molecule has 2 aromatic carbocycles. The molecule has 9 heteroatoms. The first-order chi connectivity index (χ1) is 15.6. The van der Waals surface area contributed by atoms with Gasteiger partial charge in [-0.1, -0.05) is 61.3 Å². The lowest BCUT2D eigenvalue weighted by Crippen LogP contribution is -2.51. The summed E-state index contributed by atoms with van der Waals surface area (Å²) in [5, 5.41) is 3.07. The third-order valence-corrected chi connectivity index (χ3v) is 6.85. The first kappa shape index (κ1) is 26.7. The minimum absolute atomic E-state index is 0.175. The molecule has 0 saturated carbocycles. The number of anilines is 1. The van der Waals surface area contributed by atoms with Crippen LogP contribution in [0.1, 0.15) is 37.8 Å². The van der Waals surface area contributed by atoms with Gasteiger partial charge in [-0.3, -0.25) is 13.9 Å². The van der Waals surface area contributed by atoms with Gasteiger partial charge in [-0.05, 0) is 43.5 Å². The predicted molar refractivity (Wildman–Crippen MR) is 133 cm³/mol. The summed E-state index contributed by atoms with van der Waals surface area (Å²) in [5.74, 6) is -0.782. The number of sulfonamides is 1. The minimum Gasteiger partial charge on any atom is -0.354 e. The zero-order chi connectivity index (χ0) is 24.6. The number of hydrogen-bond donors (Lipinski definition) is 1. The summed E-state index contributed by atoms with van der Waals surface area (Å²) in [6.45, 7) is 5.82. The van der Waals surface area contributed by atoms with E-state index in [4.69, 9.17) is 11.6 Å². The Kier molecular flexibility index (Phi) is 9.73. The van der Waals surface area contributed by atoms with Crippen molar-refractivity contribution in [3.63, 3.8) is 0 Å². The molecule has 0 aliphatic heterocycles. The molecule has 0 aromatic heterocycles. The molecule has 0 radical (unpaired) electrons. The molecule has 7 nitrogen and oxygen atoms in total. The van der Waals surface area contributed by atoms with Gasteiger partial charge in [-0.25, -0.2) is 8.42 Å². The lowest BCUT2D eigenvalue weighted by atomic mass is 10.1. The largest absolute Gasteiger partial charge is 0.354 e. The number of benzene rings is 2. The Morgan fingerprint density at radius 2 is 1.73 bits per heavy atom. The van der Waals surface area contributed by atoms with Crippen LogP contribution in [0, 0.1) is 6.92 Å². The molecular weight excluding hydrogens is 462 g/mol. The van der Waals surface area contributed by atoms with Crippen LogP contribution in [0.25, 0.3) is 0 Å². The van der Waals surface area contributed by atoms with Crippen molar-refractivity contribution in [3.05, 3.63) is 64.7 Å². The molecule has 0 fully saturated rings. The maximum atomic E-state index is 13.5. The van der Waals surface area contributed by atoms with Crippen LogP contribution < -0.4 is 9.62 Å². The van der Waals surface area contributed by atoms with E-state index >= 15 is 0 Å². The summed E-state index contributed by atoms with van der Waals surface area (Å²) < 4.78 is 26.1. The van der Waals surface area contributed by atoms with Gasteiger partial charge in [-0.15, -0.1) is 0 Å². The van der Waals surface area contributed by atoms with E-state index in [9.17, 15) is 18.0 Å². The fourth-order valence-corrected chi connectivity index (χ4v) is 4.49. The van der Waals surface area contributed by atoms with Gasteiger partial charge in [-0.2, -0.15) is 0 Å². The highest BCUT2D eigenvalue weighted by molar-refractivity contribution is 7.92. The second-order valence-corrected chi connectivity index (χ2v) is 10.3. The summed E-state index contributed by atoms with van der Waals surface area (Å²) >= 11 is 6.23. The molecule has 2 amide bonds. The third-order valence-electron chi connectivity index (χ3n) is 5.40. The van der Waals surface area contributed by atoms with Gasteiger partial charge >= 0.3 is 0 Å². The van der Waals surface area contributed by atoms with Crippen molar-refractivity contribution in [2.24, 2.45) is 0 Å². The van der Waals surface area contributed by atoms with E-state index < -0.39 is 28.5 Å². The van der Waals surface area contributed by atoms with Gasteiger partial charge in [0.2, 0.25) is 21.8 Å². The van der Waals surface area contributed by atoms with Crippen LogP contribution in [-0.4, -0.2) is 50.5 Å². The first-order valence-corrected chi connectivity index (χ1v) is 13.1. The average Bonchev–Trinajstić information content (AvgIpc) is 2.76. The summed E-state index contributed by atoms with van der Waals surface area (Å²) in [6, 6.07) is 13.2. The molecule has 0 aliphatic carbocycles. The summed E-state index contributed by atoms with van der Waals surface area (Å²) in [4.78, 5) is 27.7. The van der Waals surface area contributed by atoms with Crippen LogP contribution in [-0.2, 0) is 26.2 Å². The van der Waals surface area contributed by atoms with Crippen molar-refractivity contribution in [1.29, 1.82) is 0 Å². The number of unbranched alkanes of at least 4 members (excludes halogenated alkanes) is 1. The normalized spacial score (nSPS) is 12.2. The average molecular weight is 494 g/mol. The van der Waals surface area contributed by atoms with Crippen LogP contribution in [0.15, 0.2) is 48.5 Å². The number of halogens is 1. The van der Waals surface area contributed by atoms with Gasteiger partial charge in [0.15, 0.2) is 0 Å². The fraction of sp³-hybridized carbons (Fsp3) is 0.417. The monoisotopic (exact) mass is 493 g/mol. The highest BCUT2D eigenvalue weighted by Gasteiger charge is 2.30. The summed E-state index contributed by atoms with van der Waals surface area (Å²) in [7, 11) is -3.81. The van der Waals surface area contributed by atoms with E-state index in [0.717, 1.165) is 34.5 Å². The van der Waals surface area contributed by atoms with Crippen LogP contribution in [0.3, 0.4) is 0 Å². The van der Waals surface area contributed by atoms with Crippen molar-refractivity contribution >= 4 is 39.1 Å². The third kappa shape index (κ3) is 7.47. The molecule has 1 N–H and O–H groups in total. The number of amides is 2. The number of hydrogen-bond acceptors (Lipinski definition) is 4. The molecule has 0 aliphatic rings. The molecule has 0 spiro atoms. The van der Waals surface area contributed by atoms with Gasteiger partial charge in [0.25, 0.3) is 0 Å². The van der Waals surface area contributed by atoms with Crippen molar-refractivity contribution in [2.75, 3.05) is 23.7 Å². The predicted octanol–water partition coefficient (Wildman–Crippen LogP) is 3.75. The van der Waals surface area contributed by atoms with Crippen LogP contribution in [0.2, 0.25) is 5.02 Å². The lowest BCUT2D eigenvalue weighted by Gasteiger charge is -2.32. The topological polar surface area (TPSA) is 86.8 Å². The van der Waals surface area contributed by atoms with Gasteiger partial charge < -0.3 is 10.2 Å². The Bertz CT molecular complexity index is 1070. The van der Waals surface area contributed by atoms with Crippen LogP contribution >= 0.6 is 11.6 Å².